The molecule has 0 unspecified atom stereocenters. The Morgan fingerprint density at radius 1 is 1.16 bits per heavy atom. The van der Waals surface area contributed by atoms with Crippen molar-refractivity contribution >= 4 is 39.2 Å². The van der Waals surface area contributed by atoms with Crippen LogP contribution >= 0.6 is 11.6 Å². The van der Waals surface area contributed by atoms with Gasteiger partial charge in [0.15, 0.2) is 5.43 Å². The number of aromatic amines is 1. The lowest BCUT2D eigenvalue weighted by Gasteiger charge is -2.34. The highest BCUT2D eigenvalue weighted by atomic mass is 35.5. The fourth-order valence-electron chi connectivity index (χ4n) is 4.23. The number of aromatic nitrogens is 3. The molecule has 0 saturated carbocycles. The zero-order valence-electron chi connectivity index (χ0n) is 17.5. The van der Waals surface area contributed by atoms with Crippen LogP contribution in [0.1, 0.15) is 6.92 Å². The molecule has 2 aromatic heterocycles. The first kappa shape index (κ1) is 20.0. The smallest absolute Gasteiger partial charge is 0.200 e. The van der Waals surface area contributed by atoms with Crippen LogP contribution in [-0.4, -0.2) is 52.7 Å². The maximum Gasteiger partial charge on any atom is 0.200 e. The Kier molecular flexibility index (Phi) is 4.95. The molecular formula is C23H23ClFN5O. The summed E-state index contributed by atoms with van der Waals surface area (Å²) in [5.41, 5.74) is 2.92. The zero-order chi connectivity index (χ0) is 21.7. The summed E-state index contributed by atoms with van der Waals surface area (Å²) >= 11 is 6.07. The van der Waals surface area contributed by atoms with Crippen LogP contribution in [-0.2, 0) is 6.54 Å². The summed E-state index contributed by atoms with van der Waals surface area (Å²) < 4.78 is 17.1. The van der Waals surface area contributed by atoms with Gasteiger partial charge in [0.1, 0.15) is 11.6 Å². The number of fused-ring (bicyclic) bond motifs is 2. The Bertz CT molecular complexity index is 1350. The van der Waals surface area contributed by atoms with Gasteiger partial charge < -0.3 is 19.4 Å². The third-order valence-corrected chi connectivity index (χ3v) is 6.27. The first-order valence-electron chi connectivity index (χ1n) is 10.4. The number of aryl methyl sites for hydroxylation is 1. The summed E-state index contributed by atoms with van der Waals surface area (Å²) in [7, 11) is 2.07. The van der Waals surface area contributed by atoms with E-state index >= 15 is 4.39 Å². The van der Waals surface area contributed by atoms with Gasteiger partial charge in [-0.3, -0.25) is 4.79 Å². The molecule has 1 aliphatic heterocycles. The topological polar surface area (TPSA) is 57.2 Å². The van der Waals surface area contributed by atoms with E-state index in [4.69, 9.17) is 11.6 Å². The van der Waals surface area contributed by atoms with E-state index in [1.807, 2.05) is 17.6 Å². The van der Waals surface area contributed by atoms with Gasteiger partial charge >= 0.3 is 0 Å². The minimum Gasteiger partial charge on any atom is -0.367 e. The molecule has 0 radical (unpaired) electrons. The van der Waals surface area contributed by atoms with Gasteiger partial charge in [0, 0.05) is 49.3 Å². The number of hydrogen-bond acceptors (Lipinski definition) is 4. The Morgan fingerprint density at radius 3 is 2.68 bits per heavy atom. The molecule has 160 valence electrons. The molecule has 6 nitrogen and oxygen atoms in total. The SMILES string of the molecule is CCn1cc(-c2nc3ccc(Cl)cc3[nH]2)c(=O)c2cc(F)c(N3CCN(C)CC3)cc21. The van der Waals surface area contributed by atoms with Crippen molar-refractivity contribution in [1.82, 2.24) is 19.4 Å². The van der Waals surface area contributed by atoms with Gasteiger partial charge in [-0.15, -0.1) is 0 Å². The van der Waals surface area contributed by atoms with Crippen LogP contribution < -0.4 is 10.3 Å². The van der Waals surface area contributed by atoms with E-state index in [9.17, 15) is 4.79 Å². The van der Waals surface area contributed by atoms with Gasteiger partial charge in [-0.05, 0) is 44.3 Å². The van der Waals surface area contributed by atoms with Crippen LogP contribution in [0.4, 0.5) is 10.1 Å². The molecular weight excluding hydrogens is 417 g/mol. The lowest BCUT2D eigenvalue weighted by molar-refractivity contribution is 0.312. The van der Waals surface area contributed by atoms with E-state index in [1.54, 1.807) is 24.4 Å². The van der Waals surface area contributed by atoms with Gasteiger partial charge in [0.25, 0.3) is 0 Å². The van der Waals surface area contributed by atoms with Gasteiger partial charge in [-0.2, -0.15) is 0 Å². The summed E-state index contributed by atoms with van der Waals surface area (Å²) in [6.45, 7) is 5.93. The van der Waals surface area contributed by atoms with E-state index in [0.29, 0.717) is 34.0 Å². The van der Waals surface area contributed by atoms with Gasteiger partial charge in [0.2, 0.25) is 0 Å². The van der Waals surface area contributed by atoms with Gasteiger partial charge in [-0.25, -0.2) is 9.37 Å². The van der Waals surface area contributed by atoms with Crippen molar-refractivity contribution in [2.24, 2.45) is 0 Å². The zero-order valence-corrected chi connectivity index (χ0v) is 18.2. The van der Waals surface area contributed by atoms with Crippen molar-refractivity contribution in [3.63, 3.8) is 0 Å². The highest BCUT2D eigenvalue weighted by Gasteiger charge is 2.21. The average molecular weight is 440 g/mol. The van der Waals surface area contributed by atoms with Crippen LogP contribution in [0.15, 0.2) is 41.3 Å². The number of benzene rings is 2. The number of rotatable bonds is 3. The number of likely N-dealkylation sites (N-methyl/N-ethyl adjacent to an activating group) is 1. The Labute approximate surface area is 183 Å². The predicted molar refractivity (Wildman–Crippen MR) is 124 cm³/mol. The number of halogens is 2. The predicted octanol–water partition coefficient (Wildman–Crippen LogP) is 4.11. The fraction of sp³-hybridized carbons (Fsp3) is 0.304. The van der Waals surface area contributed by atoms with Crippen molar-refractivity contribution < 1.29 is 4.39 Å². The summed E-state index contributed by atoms with van der Waals surface area (Å²) in [5, 5.41) is 0.943. The second-order valence-corrected chi connectivity index (χ2v) is 8.45. The summed E-state index contributed by atoms with van der Waals surface area (Å²) in [5.74, 6) is 0.0836. The summed E-state index contributed by atoms with van der Waals surface area (Å²) in [4.78, 5) is 25.3. The number of nitrogens with zero attached hydrogens (tertiary/aromatic N) is 4. The highest BCUT2D eigenvalue weighted by Crippen LogP contribution is 2.28. The van der Waals surface area contributed by atoms with Crippen molar-refractivity contribution in [3.8, 4) is 11.4 Å². The summed E-state index contributed by atoms with van der Waals surface area (Å²) in [6, 6.07) is 8.52. The molecule has 1 aliphatic rings. The van der Waals surface area contributed by atoms with Crippen molar-refractivity contribution in [1.29, 1.82) is 0 Å². The van der Waals surface area contributed by atoms with E-state index in [-0.39, 0.29) is 11.2 Å². The molecule has 1 N–H and O–H groups in total. The van der Waals surface area contributed by atoms with Crippen molar-refractivity contribution in [3.05, 3.63) is 57.6 Å². The fourth-order valence-corrected chi connectivity index (χ4v) is 4.40. The van der Waals surface area contributed by atoms with Crippen LogP contribution in [0.25, 0.3) is 33.3 Å². The van der Waals surface area contributed by atoms with Crippen LogP contribution in [0, 0.1) is 5.82 Å². The van der Waals surface area contributed by atoms with Crippen LogP contribution in [0.3, 0.4) is 0 Å². The Hall–Kier alpha value is -2.90. The quantitative estimate of drug-likeness (QED) is 0.522. The maximum atomic E-state index is 15.1. The summed E-state index contributed by atoms with van der Waals surface area (Å²) in [6.07, 6.45) is 1.80. The molecule has 0 bridgehead atoms. The number of imidazole rings is 1. The second-order valence-electron chi connectivity index (χ2n) is 8.02. The van der Waals surface area contributed by atoms with E-state index in [2.05, 4.69) is 26.8 Å². The number of nitrogens with one attached hydrogen (secondary N) is 1. The van der Waals surface area contributed by atoms with Gasteiger partial charge in [0.05, 0.1) is 27.8 Å². The molecule has 0 spiro atoms. The molecule has 0 atom stereocenters. The molecule has 0 aliphatic carbocycles. The number of pyridine rings is 1. The molecule has 31 heavy (non-hydrogen) atoms. The number of piperazine rings is 1. The maximum absolute atomic E-state index is 15.1. The van der Waals surface area contributed by atoms with Crippen molar-refractivity contribution in [2.75, 3.05) is 38.1 Å². The molecule has 4 aromatic rings. The third-order valence-electron chi connectivity index (χ3n) is 6.03. The Morgan fingerprint density at radius 2 is 1.94 bits per heavy atom. The van der Waals surface area contributed by atoms with E-state index in [0.717, 1.165) is 42.7 Å². The lowest BCUT2D eigenvalue weighted by Crippen LogP contribution is -2.44. The van der Waals surface area contributed by atoms with E-state index in [1.165, 1.54) is 6.07 Å². The number of hydrogen-bond donors (Lipinski definition) is 1. The molecule has 5 rings (SSSR count). The van der Waals surface area contributed by atoms with E-state index < -0.39 is 0 Å². The Balaban J connectivity index is 1.67. The molecule has 8 heteroatoms. The first-order chi connectivity index (χ1) is 14.9. The highest BCUT2D eigenvalue weighted by molar-refractivity contribution is 6.31. The lowest BCUT2D eigenvalue weighted by atomic mass is 10.1. The third kappa shape index (κ3) is 3.47. The second kappa shape index (κ2) is 7.66. The number of H-pyrrole nitrogens is 1. The first-order valence-corrected chi connectivity index (χ1v) is 10.8. The minimum atomic E-state index is -0.370. The normalized spacial score (nSPS) is 15.3. The van der Waals surface area contributed by atoms with Crippen LogP contribution in [0.5, 0.6) is 0 Å². The number of anilines is 1. The monoisotopic (exact) mass is 439 g/mol. The standard InChI is InChI=1S/C23H23ClFN5O/c1-3-29-13-16(23-26-18-5-4-14(24)10-19(18)27-23)22(31)15-11-17(25)21(12-20(15)29)30-8-6-28(2)7-9-30/h4-5,10-13H,3,6-9H2,1-2H3,(H,26,27). The molecule has 0 amide bonds. The van der Waals surface area contributed by atoms with Crippen molar-refractivity contribution in [2.45, 2.75) is 13.5 Å². The van der Waals surface area contributed by atoms with Crippen LogP contribution in [0.2, 0.25) is 5.02 Å². The average Bonchev–Trinajstić information content (AvgIpc) is 3.17. The molecule has 1 saturated heterocycles. The minimum absolute atomic E-state index is 0.242. The molecule has 2 aromatic carbocycles. The molecule has 1 fully saturated rings. The van der Waals surface area contributed by atoms with Gasteiger partial charge in [-0.1, -0.05) is 11.6 Å². The molecule has 3 heterocycles. The largest absolute Gasteiger partial charge is 0.367 e.